The third-order valence-electron chi connectivity index (χ3n) is 6.00. The molecule has 1 aromatic carbocycles. The van der Waals surface area contributed by atoms with Crippen LogP contribution in [0.3, 0.4) is 0 Å². The van der Waals surface area contributed by atoms with E-state index in [-0.39, 0.29) is 11.8 Å². The second-order valence-corrected chi connectivity index (χ2v) is 7.73. The third-order valence-corrected chi connectivity index (χ3v) is 6.00. The molecule has 0 unspecified atom stereocenters. The highest BCUT2D eigenvalue weighted by Crippen LogP contribution is 2.39. The maximum absolute atomic E-state index is 11.3. The number of imidazole rings is 1. The summed E-state index contributed by atoms with van der Waals surface area (Å²) < 4.78 is 2.00. The molecule has 1 aliphatic rings. The lowest BCUT2D eigenvalue weighted by Gasteiger charge is -2.25. The predicted octanol–water partition coefficient (Wildman–Crippen LogP) is 3.40. The standard InChI is InChI=1S/C21H22N6O2/c22-14-3-1-2-13-10-15(25-16(13)14)17-18-19(23)24-8-9-27(18)20(26-17)11-4-6-12(7-5-11)21(28)29/h1-3,8-12,25H,4-7,22H2,(H2,23,24)(H,28,29)/t11-,12-. The quantitative estimate of drug-likeness (QED) is 0.396. The van der Waals surface area contributed by atoms with Gasteiger partial charge in [0.05, 0.1) is 22.8 Å². The summed E-state index contributed by atoms with van der Waals surface area (Å²) in [5.41, 5.74) is 16.2. The number of nitrogen functional groups attached to an aromatic ring is 2. The largest absolute Gasteiger partial charge is 0.481 e. The minimum atomic E-state index is -0.707. The topological polar surface area (TPSA) is 135 Å². The normalized spacial score (nSPS) is 19.7. The summed E-state index contributed by atoms with van der Waals surface area (Å²) in [7, 11) is 0. The van der Waals surface area contributed by atoms with E-state index in [2.05, 4.69) is 9.97 Å². The van der Waals surface area contributed by atoms with Crippen LogP contribution < -0.4 is 11.5 Å². The lowest BCUT2D eigenvalue weighted by molar-refractivity contribution is -0.142. The number of carboxylic acid groups (broad SMARTS) is 1. The minimum Gasteiger partial charge on any atom is -0.481 e. The fourth-order valence-corrected chi connectivity index (χ4v) is 4.47. The van der Waals surface area contributed by atoms with E-state index < -0.39 is 5.97 Å². The molecule has 0 aliphatic heterocycles. The van der Waals surface area contributed by atoms with Gasteiger partial charge >= 0.3 is 5.97 Å². The SMILES string of the molecule is Nc1cccc2cc(-c3nc([C@H]4CC[C@H](C(=O)O)CC4)n4ccnc(N)c34)[nH]c12. The van der Waals surface area contributed by atoms with Crippen LogP contribution in [0.2, 0.25) is 0 Å². The Labute approximate surface area is 166 Å². The number of H-pyrrole nitrogens is 1. The van der Waals surface area contributed by atoms with E-state index in [9.17, 15) is 9.90 Å². The van der Waals surface area contributed by atoms with Gasteiger partial charge in [-0.25, -0.2) is 9.97 Å². The first-order valence-corrected chi connectivity index (χ1v) is 9.75. The van der Waals surface area contributed by atoms with Crippen molar-refractivity contribution in [3.8, 4) is 11.4 Å². The predicted molar refractivity (Wildman–Crippen MR) is 111 cm³/mol. The van der Waals surface area contributed by atoms with Crippen LogP contribution in [0.1, 0.15) is 37.4 Å². The van der Waals surface area contributed by atoms with Crippen molar-refractivity contribution in [2.24, 2.45) is 5.92 Å². The highest BCUT2D eigenvalue weighted by atomic mass is 16.4. The lowest BCUT2D eigenvalue weighted by Crippen LogP contribution is -2.21. The Morgan fingerprint density at radius 2 is 2.00 bits per heavy atom. The molecule has 0 saturated heterocycles. The molecule has 0 atom stereocenters. The van der Waals surface area contributed by atoms with Gasteiger partial charge in [-0.1, -0.05) is 12.1 Å². The highest BCUT2D eigenvalue weighted by molar-refractivity contribution is 5.96. The molecule has 8 heteroatoms. The van der Waals surface area contributed by atoms with Crippen LogP contribution in [0, 0.1) is 5.92 Å². The molecule has 1 aliphatic carbocycles. The number of para-hydroxylation sites is 1. The van der Waals surface area contributed by atoms with Crippen molar-refractivity contribution in [3.63, 3.8) is 0 Å². The second-order valence-electron chi connectivity index (χ2n) is 7.73. The number of benzene rings is 1. The Balaban J connectivity index is 1.63. The molecule has 0 spiro atoms. The highest BCUT2D eigenvalue weighted by Gasteiger charge is 2.30. The molecular formula is C21H22N6O2. The van der Waals surface area contributed by atoms with E-state index in [0.717, 1.165) is 46.5 Å². The Bertz CT molecular complexity index is 1230. The molecular weight excluding hydrogens is 368 g/mol. The minimum absolute atomic E-state index is 0.183. The van der Waals surface area contributed by atoms with E-state index in [0.29, 0.717) is 24.3 Å². The number of nitrogens with one attached hydrogen (secondary N) is 1. The van der Waals surface area contributed by atoms with Gasteiger partial charge in [0.15, 0.2) is 0 Å². The summed E-state index contributed by atoms with van der Waals surface area (Å²) in [6.45, 7) is 0. The maximum Gasteiger partial charge on any atom is 0.306 e. The van der Waals surface area contributed by atoms with Gasteiger partial charge in [0.1, 0.15) is 22.9 Å². The molecule has 6 N–H and O–H groups in total. The van der Waals surface area contributed by atoms with E-state index in [1.807, 2.05) is 34.9 Å². The molecule has 0 amide bonds. The Kier molecular flexibility index (Phi) is 3.94. The van der Waals surface area contributed by atoms with Gasteiger partial charge in [-0.2, -0.15) is 0 Å². The molecule has 4 aromatic rings. The van der Waals surface area contributed by atoms with Gasteiger partial charge in [0, 0.05) is 23.7 Å². The van der Waals surface area contributed by atoms with E-state index >= 15 is 0 Å². The maximum atomic E-state index is 11.3. The van der Waals surface area contributed by atoms with Gasteiger partial charge in [0.25, 0.3) is 0 Å². The average molecular weight is 390 g/mol. The van der Waals surface area contributed by atoms with Gasteiger partial charge in [-0.15, -0.1) is 0 Å². The monoisotopic (exact) mass is 390 g/mol. The molecule has 3 heterocycles. The first-order valence-electron chi connectivity index (χ1n) is 9.75. The molecule has 148 valence electrons. The summed E-state index contributed by atoms with van der Waals surface area (Å²) in [5.74, 6) is 0.524. The lowest BCUT2D eigenvalue weighted by atomic mass is 9.81. The number of aliphatic carboxylic acids is 1. The zero-order chi connectivity index (χ0) is 20.1. The number of fused-ring (bicyclic) bond motifs is 2. The van der Waals surface area contributed by atoms with Crippen LogP contribution in [-0.2, 0) is 4.79 Å². The van der Waals surface area contributed by atoms with Crippen molar-refractivity contribution in [3.05, 3.63) is 42.5 Å². The van der Waals surface area contributed by atoms with Gasteiger partial charge in [-0.3, -0.25) is 9.20 Å². The number of rotatable bonds is 3. The summed E-state index contributed by atoms with van der Waals surface area (Å²) >= 11 is 0. The van der Waals surface area contributed by atoms with Gasteiger partial charge < -0.3 is 21.6 Å². The van der Waals surface area contributed by atoms with Crippen LogP contribution in [0.25, 0.3) is 27.8 Å². The summed E-state index contributed by atoms with van der Waals surface area (Å²) in [5, 5.41) is 10.3. The number of aromatic amines is 1. The fourth-order valence-electron chi connectivity index (χ4n) is 4.47. The Morgan fingerprint density at radius 3 is 2.72 bits per heavy atom. The van der Waals surface area contributed by atoms with Crippen LogP contribution in [-0.4, -0.2) is 30.4 Å². The second kappa shape index (κ2) is 6.51. The van der Waals surface area contributed by atoms with Crippen LogP contribution in [0.15, 0.2) is 36.7 Å². The van der Waals surface area contributed by atoms with E-state index in [1.54, 1.807) is 6.20 Å². The van der Waals surface area contributed by atoms with Crippen molar-refractivity contribution >= 4 is 33.9 Å². The fraction of sp³-hybridized carbons (Fsp3) is 0.286. The molecule has 29 heavy (non-hydrogen) atoms. The van der Waals surface area contributed by atoms with Crippen LogP contribution >= 0.6 is 0 Å². The Hall–Kier alpha value is -3.55. The van der Waals surface area contributed by atoms with E-state index in [1.165, 1.54) is 0 Å². The zero-order valence-corrected chi connectivity index (χ0v) is 15.8. The molecule has 1 saturated carbocycles. The first kappa shape index (κ1) is 17.5. The molecule has 5 rings (SSSR count). The van der Waals surface area contributed by atoms with Crippen molar-refractivity contribution in [2.75, 3.05) is 11.5 Å². The molecule has 8 nitrogen and oxygen atoms in total. The third kappa shape index (κ3) is 2.79. The summed E-state index contributed by atoms with van der Waals surface area (Å²) in [6, 6.07) is 7.80. The van der Waals surface area contributed by atoms with Crippen LogP contribution in [0.5, 0.6) is 0 Å². The molecule has 1 fully saturated rings. The molecule has 3 aromatic heterocycles. The first-order chi connectivity index (χ1) is 14.0. The summed E-state index contributed by atoms with van der Waals surface area (Å²) in [4.78, 5) is 23.9. The van der Waals surface area contributed by atoms with Gasteiger partial charge in [0.2, 0.25) is 0 Å². The summed E-state index contributed by atoms with van der Waals surface area (Å²) in [6.07, 6.45) is 6.44. The van der Waals surface area contributed by atoms with E-state index in [4.69, 9.17) is 16.5 Å². The Morgan fingerprint density at radius 1 is 1.21 bits per heavy atom. The number of carbonyl (C=O) groups is 1. The van der Waals surface area contributed by atoms with Crippen LogP contribution in [0.4, 0.5) is 11.5 Å². The number of anilines is 2. The van der Waals surface area contributed by atoms with Crippen molar-refractivity contribution in [2.45, 2.75) is 31.6 Å². The molecule has 0 radical (unpaired) electrons. The number of carboxylic acids is 1. The van der Waals surface area contributed by atoms with Crippen molar-refractivity contribution in [1.82, 2.24) is 19.4 Å². The average Bonchev–Trinajstić information content (AvgIpc) is 3.31. The van der Waals surface area contributed by atoms with Crippen molar-refractivity contribution < 1.29 is 9.90 Å². The number of nitrogens with zero attached hydrogens (tertiary/aromatic N) is 3. The number of hydrogen-bond acceptors (Lipinski definition) is 5. The smallest absolute Gasteiger partial charge is 0.306 e. The number of hydrogen-bond donors (Lipinski definition) is 4. The molecule has 0 bridgehead atoms. The van der Waals surface area contributed by atoms with Gasteiger partial charge in [-0.05, 0) is 37.8 Å². The van der Waals surface area contributed by atoms with Crippen molar-refractivity contribution in [1.29, 1.82) is 0 Å². The zero-order valence-electron chi connectivity index (χ0n) is 15.8. The number of aromatic nitrogens is 4. The number of nitrogens with two attached hydrogens (primary N) is 2.